The van der Waals surface area contributed by atoms with Crippen LogP contribution in [0.3, 0.4) is 0 Å². The second kappa shape index (κ2) is 10.2. The van der Waals surface area contributed by atoms with Gasteiger partial charge in [-0.3, -0.25) is 4.79 Å². The minimum Gasteiger partial charge on any atom is -0.450 e. The van der Waals surface area contributed by atoms with Gasteiger partial charge in [0, 0.05) is 17.3 Å². The lowest BCUT2D eigenvalue weighted by Gasteiger charge is -2.36. The summed E-state index contributed by atoms with van der Waals surface area (Å²) in [6.07, 6.45) is 0.0448. The van der Waals surface area contributed by atoms with Gasteiger partial charge in [0.25, 0.3) is 0 Å². The van der Waals surface area contributed by atoms with Crippen LogP contribution in [0, 0.1) is 5.82 Å². The Labute approximate surface area is 205 Å². The number of hydrogen-bond donors (Lipinski definition) is 0. The maximum absolute atomic E-state index is 13.6. The first-order valence-electron chi connectivity index (χ1n) is 9.35. The normalized spacial score (nSPS) is 13.3. The molecule has 0 heterocycles. The number of Topliss-reactive ketones (excluding diaryl/α,β-unsaturated/α-hetero) is 1. The summed E-state index contributed by atoms with van der Waals surface area (Å²) in [5.74, 6) is -1.19. The van der Waals surface area contributed by atoms with Gasteiger partial charge in [0.05, 0.1) is 5.56 Å². The lowest BCUT2D eigenvalue weighted by Crippen LogP contribution is -2.42. The molecule has 0 amide bonds. The fourth-order valence-electron chi connectivity index (χ4n) is 3.15. The zero-order chi connectivity index (χ0) is 22.5. The van der Waals surface area contributed by atoms with E-state index in [1.54, 1.807) is 66.7 Å². The van der Waals surface area contributed by atoms with E-state index in [0.717, 1.165) is 0 Å². The Bertz CT molecular complexity index is 1040. The quantitative estimate of drug-likeness (QED) is 0.156. The molecular weight excluding hydrogens is 595 g/mol. The summed E-state index contributed by atoms with van der Waals surface area (Å²) >= 11 is 10.5. The van der Waals surface area contributed by atoms with Gasteiger partial charge in [-0.2, -0.15) is 0 Å². The molecule has 0 aromatic heterocycles. The van der Waals surface area contributed by atoms with Crippen LogP contribution in [-0.2, 0) is 10.3 Å². The fraction of sp³-hybridized carbons (Fsp3) is 0.167. The lowest BCUT2D eigenvalue weighted by atomic mass is 9.88. The Balaban J connectivity index is 2.01. The fourth-order valence-corrected chi connectivity index (χ4v) is 5.15. The lowest BCUT2D eigenvalue weighted by molar-refractivity contribution is -0.0136. The Morgan fingerprint density at radius 3 is 1.84 bits per heavy atom. The summed E-state index contributed by atoms with van der Waals surface area (Å²) in [7, 11) is 0. The van der Waals surface area contributed by atoms with E-state index in [2.05, 4.69) is 47.8 Å². The van der Waals surface area contributed by atoms with Gasteiger partial charge in [0.1, 0.15) is 14.7 Å². The molecular formula is C24H18Br3FO3. The second-order valence-electron chi connectivity index (χ2n) is 6.97. The predicted molar refractivity (Wildman–Crippen MR) is 130 cm³/mol. The van der Waals surface area contributed by atoms with Crippen molar-refractivity contribution < 1.29 is 18.7 Å². The van der Waals surface area contributed by atoms with Gasteiger partial charge in [-0.05, 0) is 29.8 Å². The number of esters is 1. The number of carbonyl (C=O) groups excluding carboxylic acids is 2. The van der Waals surface area contributed by atoms with Crippen LogP contribution in [0.4, 0.5) is 4.39 Å². The molecule has 160 valence electrons. The number of carbonyl (C=O) groups is 2. The smallest absolute Gasteiger partial charge is 0.339 e. The van der Waals surface area contributed by atoms with E-state index in [4.69, 9.17) is 4.74 Å². The molecule has 3 nitrogen and oxygen atoms in total. The predicted octanol–water partition coefficient (Wildman–Crippen LogP) is 7.03. The van der Waals surface area contributed by atoms with E-state index < -0.39 is 20.6 Å². The topological polar surface area (TPSA) is 43.4 Å². The van der Waals surface area contributed by atoms with Gasteiger partial charge in [-0.1, -0.05) is 108 Å². The number of alkyl halides is 3. The molecule has 0 radical (unpaired) electrons. The summed E-state index contributed by atoms with van der Waals surface area (Å²) in [4.78, 5) is 26.1. The molecule has 7 heteroatoms. The Hall–Kier alpha value is -1.83. The number of halogens is 4. The zero-order valence-corrected chi connectivity index (χ0v) is 21.0. The van der Waals surface area contributed by atoms with E-state index in [1.807, 2.05) is 6.07 Å². The summed E-state index contributed by atoms with van der Waals surface area (Å²) in [5.41, 5.74) is 0.157. The number of ether oxygens (including phenoxy) is 1. The van der Waals surface area contributed by atoms with Crippen LogP contribution >= 0.6 is 47.8 Å². The highest BCUT2D eigenvalue weighted by molar-refractivity contribution is 9.26. The van der Waals surface area contributed by atoms with Crippen molar-refractivity contribution in [2.45, 2.75) is 15.3 Å². The molecule has 1 atom stereocenters. The van der Waals surface area contributed by atoms with Gasteiger partial charge in [0.15, 0.2) is 5.78 Å². The van der Waals surface area contributed by atoms with Crippen LogP contribution < -0.4 is 0 Å². The van der Waals surface area contributed by atoms with Crippen molar-refractivity contribution in [1.82, 2.24) is 0 Å². The summed E-state index contributed by atoms with van der Waals surface area (Å²) in [6.45, 7) is 0. The van der Waals surface area contributed by atoms with Gasteiger partial charge in [-0.25, -0.2) is 9.18 Å². The summed E-state index contributed by atoms with van der Waals surface area (Å²) in [5, 5.41) is 0.186. The average Bonchev–Trinajstić information content (AvgIpc) is 2.79. The molecule has 1 unspecified atom stereocenters. The van der Waals surface area contributed by atoms with E-state index in [-0.39, 0.29) is 17.5 Å². The molecule has 3 aromatic rings. The standard InChI is InChI=1S/C24H18Br3FO3/c25-16-23(19-11-13-20(28)14-12-19,31-22(30)18-9-5-2-6-10-18)15-24(26,27)21(29)17-7-3-1-4-8-17/h1-14H,15-16H2. The van der Waals surface area contributed by atoms with E-state index in [1.165, 1.54) is 12.1 Å². The third-order valence-corrected chi connectivity index (χ3v) is 6.95. The van der Waals surface area contributed by atoms with E-state index >= 15 is 0 Å². The molecule has 0 aliphatic heterocycles. The molecule has 0 saturated heterocycles. The number of benzene rings is 3. The molecule has 0 aliphatic carbocycles. The van der Waals surface area contributed by atoms with Crippen molar-refractivity contribution in [3.05, 3.63) is 107 Å². The van der Waals surface area contributed by atoms with Gasteiger partial charge < -0.3 is 4.74 Å². The Morgan fingerprint density at radius 2 is 1.32 bits per heavy atom. The minimum absolute atomic E-state index is 0.0448. The van der Waals surface area contributed by atoms with Gasteiger partial charge in [0.2, 0.25) is 0 Å². The van der Waals surface area contributed by atoms with E-state index in [0.29, 0.717) is 16.7 Å². The van der Waals surface area contributed by atoms with Crippen LogP contribution in [0.2, 0.25) is 0 Å². The highest BCUT2D eigenvalue weighted by Gasteiger charge is 2.46. The number of ketones is 1. The Morgan fingerprint density at radius 1 is 0.806 bits per heavy atom. The third kappa shape index (κ3) is 5.70. The van der Waals surface area contributed by atoms with E-state index in [9.17, 15) is 14.0 Å². The first-order chi connectivity index (χ1) is 14.8. The first-order valence-corrected chi connectivity index (χ1v) is 12.1. The van der Waals surface area contributed by atoms with Crippen molar-refractivity contribution in [2.75, 3.05) is 5.33 Å². The second-order valence-corrected chi connectivity index (χ2v) is 11.3. The summed E-state index contributed by atoms with van der Waals surface area (Å²) < 4.78 is 18.4. The first kappa shape index (κ1) is 23.8. The molecule has 0 bridgehead atoms. The molecule has 31 heavy (non-hydrogen) atoms. The van der Waals surface area contributed by atoms with Crippen molar-refractivity contribution in [1.29, 1.82) is 0 Å². The van der Waals surface area contributed by atoms with Crippen molar-refractivity contribution in [3.8, 4) is 0 Å². The van der Waals surface area contributed by atoms with Crippen LogP contribution in [-0.4, -0.2) is 20.3 Å². The van der Waals surface area contributed by atoms with Gasteiger partial charge >= 0.3 is 5.97 Å². The largest absolute Gasteiger partial charge is 0.450 e. The maximum atomic E-state index is 13.6. The highest BCUT2D eigenvalue weighted by atomic mass is 79.9. The third-order valence-electron chi connectivity index (χ3n) is 4.76. The molecule has 0 aliphatic rings. The number of hydrogen-bond acceptors (Lipinski definition) is 3. The molecule has 0 spiro atoms. The van der Waals surface area contributed by atoms with Crippen LogP contribution in [0.1, 0.15) is 32.7 Å². The minimum atomic E-state index is -1.27. The molecule has 0 N–H and O–H groups in total. The molecule has 3 aromatic carbocycles. The van der Waals surface area contributed by atoms with Crippen molar-refractivity contribution in [3.63, 3.8) is 0 Å². The molecule has 3 rings (SSSR count). The summed E-state index contributed by atoms with van der Waals surface area (Å²) in [6, 6.07) is 23.1. The SMILES string of the molecule is O=C(OC(CBr)(CC(Br)(Br)C(=O)c1ccccc1)c1ccc(F)cc1)c1ccccc1. The van der Waals surface area contributed by atoms with Crippen LogP contribution in [0.5, 0.6) is 0 Å². The monoisotopic (exact) mass is 610 g/mol. The van der Waals surface area contributed by atoms with Gasteiger partial charge in [-0.15, -0.1) is 0 Å². The highest BCUT2D eigenvalue weighted by Crippen LogP contribution is 2.45. The average molecular weight is 613 g/mol. The van der Waals surface area contributed by atoms with Crippen molar-refractivity contribution >= 4 is 59.5 Å². The van der Waals surface area contributed by atoms with Crippen molar-refractivity contribution in [2.24, 2.45) is 0 Å². The molecule has 0 fully saturated rings. The number of rotatable bonds is 8. The van der Waals surface area contributed by atoms with Crippen LogP contribution in [0.15, 0.2) is 84.9 Å². The zero-order valence-electron chi connectivity index (χ0n) is 16.2. The molecule has 0 saturated carbocycles. The van der Waals surface area contributed by atoms with Crippen LogP contribution in [0.25, 0.3) is 0 Å². The Kier molecular flexibility index (Phi) is 7.83. The maximum Gasteiger partial charge on any atom is 0.339 e.